The number of azide groups is 1. The first-order chi connectivity index (χ1) is 9.93. The zero-order chi connectivity index (χ0) is 15.6. The van der Waals surface area contributed by atoms with Crippen molar-refractivity contribution in [2.24, 2.45) is 11.0 Å². The fraction of sp³-hybridized carbons (Fsp3) is 0.364. The molecule has 1 aromatic carbocycles. The summed E-state index contributed by atoms with van der Waals surface area (Å²) in [6.07, 6.45) is 0.0612. The lowest BCUT2D eigenvalue weighted by Crippen LogP contribution is -2.26. The molecule has 0 saturated carbocycles. The van der Waals surface area contributed by atoms with Gasteiger partial charge in [-0.2, -0.15) is 0 Å². The Morgan fingerprint density at radius 1 is 1.62 bits per heavy atom. The number of carbonyl (C=O) groups excluding carboxylic acids is 1. The number of amides is 1. The lowest BCUT2D eigenvalue weighted by atomic mass is 10.1. The van der Waals surface area contributed by atoms with Gasteiger partial charge in [0.1, 0.15) is 0 Å². The normalized spacial score (nSPS) is 17.7. The van der Waals surface area contributed by atoms with E-state index >= 15 is 0 Å². The molecule has 1 aromatic rings. The van der Waals surface area contributed by atoms with Gasteiger partial charge in [-0.3, -0.25) is 14.9 Å². The second kappa shape index (κ2) is 6.06. The first kappa shape index (κ1) is 15.2. The van der Waals surface area contributed by atoms with Gasteiger partial charge in [-0.05, 0) is 17.5 Å². The van der Waals surface area contributed by atoms with E-state index in [0.29, 0.717) is 0 Å². The first-order valence-corrected chi connectivity index (χ1v) is 6.68. The van der Waals surface area contributed by atoms with Gasteiger partial charge < -0.3 is 4.90 Å². The summed E-state index contributed by atoms with van der Waals surface area (Å²) in [4.78, 5) is 25.9. The Balaban J connectivity index is 2.40. The summed E-state index contributed by atoms with van der Waals surface area (Å²) < 4.78 is 14.3. The van der Waals surface area contributed by atoms with Crippen molar-refractivity contribution in [2.45, 2.75) is 6.42 Å². The van der Waals surface area contributed by atoms with Gasteiger partial charge in [0.15, 0.2) is 11.5 Å². The third-order valence-corrected chi connectivity index (χ3v) is 3.54. The van der Waals surface area contributed by atoms with E-state index < -0.39 is 22.3 Å². The number of carbonyl (C=O) groups is 1. The third-order valence-electron chi connectivity index (χ3n) is 3.08. The minimum atomic E-state index is -0.853. The van der Waals surface area contributed by atoms with Crippen LogP contribution in [0.1, 0.15) is 6.42 Å². The molecule has 21 heavy (non-hydrogen) atoms. The van der Waals surface area contributed by atoms with Crippen molar-refractivity contribution in [3.05, 3.63) is 43.0 Å². The van der Waals surface area contributed by atoms with Crippen LogP contribution in [0.25, 0.3) is 10.4 Å². The molecule has 0 spiro atoms. The second-order valence-electron chi connectivity index (χ2n) is 4.50. The van der Waals surface area contributed by atoms with Crippen LogP contribution in [0.15, 0.2) is 21.7 Å². The molecule has 0 radical (unpaired) electrons. The fourth-order valence-electron chi connectivity index (χ4n) is 2.23. The molecule has 0 aromatic heterocycles. The minimum Gasteiger partial charge on any atom is -0.304 e. The Morgan fingerprint density at radius 2 is 2.33 bits per heavy atom. The van der Waals surface area contributed by atoms with Gasteiger partial charge >= 0.3 is 0 Å². The minimum absolute atomic E-state index is 0.0612. The van der Waals surface area contributed by atoms with E-state index in [2.05, 4.69) is 26.0 Å². The number of halogens is 2. The highest BCUT2D eigenvalue weighted by Crippen LogP contribution is 2.37. The topological polar surface area (TPSA) is 112 Å². The van der Waals surface area contributed by atoms with E-state index in [9.17, 15) is 19.3 Å². The quantitative estimate of drug-likeness (QED) is 0.271. The van der Waals surface area contributed by atoms with Gasteiger partial charge in [-0.25, -0.2) is 4.39 Å². The Bertz CT molecular complexity index is 662. The van der Waals surface area contributed by atoms with E-state index in [0.717, 1.165) is 17.0 Å². The SMILES string of the molecule is [N-]=[N+]=NCC1CC(=O)N(c2c(F)cc(Br)cc2[N+](=O)[O-])C1. The molecule has 1 fully saturated rings. The highest BCUT2D eigenvalue weighted by Gasteiger charge is 2.36. The molecule has 1 saturated heterocycles. The monoisotopic (exact) mass is 357 g/mol. The van der Waals surface area contributed by atoms with Crippen LogP contribution in [0.5, 0.6) is 0 Å². The van der Waals surface area contributed by atoms with Crippen molar-refractivity contribution in [2.75, 3.05) is 18.0 Å². The van der Waals surface area contributed by atoms with E-state index in [4.69, 9.17) is 5.53 Å². The highest BCUT2D eigenvalue weighted by atomic mass is 79.9. The van der Waals surface area contributed by atoms with Gasteiger partial charge in [0, 0.05) is 35.0 Å². The number of nitro groups is 1. The summed E-state index contributed by atoms with van der Waals surface area (Å²) in [5.41, 5.74) is 7.44. The molecule has 1 amide bonds. The Hall–Kier alpha value is -2.19. The van der Waals surface area contributed by atoms with Crippen molar-refractivity contribution < 1.29 is 14.1 Å². The molecule has 1 aliphatic rings. The van der Waals surface area contributed by atoms with Gasteiger partial charge in [0.25, 0.3) is 5.69 Å². The molecule has 10 heteroatoms. The van der Waals surface area contributed by atoms with E-state index in [1.807, 2.05) is 0 Å². The average Bonchev–Trinajstić information content (AvgIpc) is 2.76. The molecule has 110 valence electrons. The third kappa shape index (κ3) is 3.11. The van der Waals surface area contributed by atoms with Crippen molar-refractivity contribution >= 4 is 33.2 Å². The van der Waals surface area contributed by atoms with Crippen LogP contribution in [0.4, 0.5) is 15.8 Å². The number of anilines is 1. The number of nitrogens with zero attached hydrogens (tertiary/aromatic N) is 5. The zero-order valence-electron chi connectivity index (χ0n) is 10.6. The van der Waals surface area contributed by atoms with Gasteiger partial charge in [0.05, 0.1) is 4.92 Å². The molecular weight excluding hydrogens is 349 g/mol. The van der Waals surface area contributed by atoms with Crippen LogP contribution in [-0.4, -0.2) is 23.9 Å². The number of nitro benzene ring substituents is 1. The van der Waals surface area contributed by atoms with E-state index in [1.165, 1.54) is 0 Å². The fourth-order valence-corrected chi connectivity index (χ4v) is 2.65. The summed E-state index contributed by atoms with van der Waals surface area (Å²) in [7, 11) is 0. The number of rotatable bonds is 4. The molecule has 1 aliphatic heterocycles. The van der Waals surface area contributed by atoms with Crippen LogP contribution >= 0.6 is 15.9 Å². The summed E-state index contributed by atoms with van der Waals surface area (Å²) in [6.45, 7) is 0.169. The predicted octanol–water partition coefficient (Wildman–Crippen LogP) is 3.16. The van der Waals surface area contributed by atoms with Crippen LogP contribution < -0.4 is 4.90 Å². The van der Waals surface area contributed by atoms with Crippen LogP contribution in [-0.2, 0) is 4.79 Å². The molecule has 1 atom stereocenters. The van der Waals surface area contributed by atoms with Gasteiger partial charge in [0.2, 0.25) is 5.91 Å². The molecule has 0 aliphatic carbocycles. The van der Waals surface area contributed by atoms with E-state index in [1.54, 1.807) is 0 Å². The zero-order valence-corrected chi connectivity index (χ0v) is 12.2. The lowest BCUT2D eigenvalue weighted by molar-refractivity contribution is -0.384. The largest absolute Gasteiger partial charge is 0.304 e. The number of benzene rings is 1. The van der Waals surface area contributed by atoms with E-state index in [-0.39, 0.29) is 35.6 Å². The number of hydrogen-bond donors (Lipinski definition) is 0. The van der Waals surface area contributed by atoms with Crippen molar-refractivity contribution in [1.82, 2.24) is 0 Å². The predicted molar refractivity (Wildman–Crippen MR) is 75.2 cm³/mol. The maximum Gasteiger partial charge on any atom is 0.297 e. The van der Waals surface area contributed by atoms with Crippen molar-refractivity contribution in [3.8, 4) is 0 Å². The highest BCUT2D eigenvalue weighted by molar-refractivity contribution is 9.10. The number of hydrogen-bond acceptors (Lipinski definition) is 4. The molecule has 1 heterocycles. The molecule has 2 rings (SSSR count). The summed E-state index contributed by atoms with van der Waals surface area (Å²) in [5, 5.41) is 14.4. The van der Waals surface area contributed by atoms with Crippen LogP contribution in [0.2, 0.25) is 0 Å². The van der Waals surface area contributed by atoms with Gasteiger partial charge in [-0.1, -0.05) is 21.0 Å². The molecule has 1 unspecified atom stereocenters. The lowest BCUT2D eigenvalue weighted by Gasteiger charge is -2.17. The maximum atomic E-state index is 14.1. The van der Waals surface area contributed by atoms with Crippen molar-refractivity contribution in [1.29, 1.82) is 0 Å². The smallest absolute Gasteiger partial charge is 0.297 e. The standard InChI is InChI=1S/C11H9BrFN5O3/c12-7-2-8(13)11(9(3-7)18(20)21)17-5-6(1-10(17)19)4-15-16-14/h2-3,6H,1,4-5H2. The van der Waals surface area contributed by atoms with Crippen LogP contribution in [0.3, 0.4) is 0 Å². The Morgan fingerprint density at radius 3 is 2.95 bits per heavy atom. The van der Waals surface area contributed by atoms with Crippen LogP contribution in [0, 0.1) is 21.8 Å². The summed E-state index contributed by atoms with van der Waals surface area (Å²) >= 11 is 2.98. The average molecular weight is 358 g/mol. The maximum absolute atomic E-state index is 14.1. The molecule has 8 nitrogen and oxygen atoms in total. The summed E-state index contributed by atoms with van der Waals surface area (Å²) in [5.74, 6) is -1.57. The molecule has 0 bridgehead atoms. The molecular formula is C11H9BrFN5O3. The second-order valence-corrected chi connectivity index (χ2v) is 5.42. The Labute approximate surface area is 126 Å². The summed E-state index contributed by atoms with van der Waals surface area (Å²) in [6, 6.07) is 2.21. The first-order valence-electron chi connectivity index (χ1n) is 5.88. The van der Waals surface area contributed by atoms with Crippen molar-refractivity contribution in [3.63, 3.8) is 0 Å². The Kier molecular flexibility index (Phi) is 4.39. The molecule has 0 N–H and O–H groups in total. The van der Waals surface area contributed by atoms with Gasteiger partial charge in [-0.15, -0.1) is 0 Å².